The summed E-state index contributed by atoms with van der Waals surface area (Å²) >= 11 is 0. The number of carboxylic acids is 1. The molecule has 0 bridgehead atoms. The Labute approximate surface area is 196 Å². The number of carboxylic acid groups (broad SMARTS) is 1. The van der Waals surface area contributed by atoms with Gasteiger partial charge in [0, 0.05) is 19.4 Å². The fourth-order valence-corrected chi connectivity index (χ4v) is 4.02. The predicted molar refractivity (Wildman–Crippen MR) is 132 cm³/mol. The largest absolute Gasteiger partial charge is 0.481 e. The summed E-state index contributed by atoms with van der Waals surface area (Å²) in [5, 5.41) is 14.6. The molecule has 1 unspecified atom stereocenters. The van der Waals surface area contributed by atoms with Crippen LogP contribution in [0.3, 0.4) is 0 Å². The summed E-state index contributed by atoms with van der Waals surface area (Å²) in [6.07, 6.45) is 20.4. The van der Waals surface area contributed by atoms with Crippen LogP contribution >= 0.6 is 0 Å². The molecule has 0 aliphatic heterocycles. The van der Waals surface area contributed by atoms with Crippen LogP contribution in [0.25, 0.3) is 0 Å². The summed E-state index contributed by atoms with van der Waals surface area (Å²) < 4.78 is 0. The molecule has 188 valence electrons. The molecule has 3 N–H and O–H groups in total. The molecule has 0 aromatic rings. The minimum absolute atomic E-state index is 0.0567. The maximum absolute atomic E-state index is 11.9. The van der Waals surface area contributed by atoms with Crippen molar-refractivity contribution in [1.82, 2.24) is 10.6 Å². The first-order valence-electron chi connectivity index (χ1n) is 13.1. The van der Waals surface area contributed by atoms with Crippen LogP contribution in [-0.2, 0) is 14.4 Å². The van der Waals surface area contributed by atoms with Gasteiger partial charge in [-0.3, -0.25) is 14.4 Å². The predicted octanol–water partition coefficient (Wildman–Crippen LogP) is 5.78. The first-order valence-corrected chi connectivity index (χ1v) is 13.1. The second-order valence-corrected chi connectivity index (χ2v) is 9.14. The maximum Gasteiger partial charge on any atom is 0.303 e. The molecule has 0 aliphatic rings. The SMILES string of the molecule is CNC(CCCCNC(=O)CCCCCCCCCCCCCCCCC(=O)O)C(C)=O. The van der Waals surface area contributed by atoms with E-state index in [4.69, 9.17) is 5.11 Å². The van der Waals surface area contributed by atoms with Crippen molar-refractivity contribution in [3.05, 3.63) is 0 Å². The second kappa shape index (κ2) is 22.8. The van der Waals surface area contributed by atoms with Crippen molar-refractivity contribution in [2.45, 2.75) is 135 Å². The van der Waals surface area contributed by atoms with Gasteiger partial charge >= 0.3 is 5.97 Å². The highest BCUT2D eigenvalue weighted by atomic mass is 16.4. The molecule has 0 heterocycles. The Kier molecular flexibility index (Phi) is 21.7. The smallest absolute Gasteiger partial charge is 0.303 e. The van der Waals surface area contributed by atoms with Crippen LogP contribution in [0, 0.1) is 0 Å². The number of amides is 1. The van der Waals surface area contributed by atoms with Gasteiger partial charge < -0.3 is 15.7 Å². The van der Waals surface area contributed by atoms with E-state index in [1.807, 2.05) is 7.05 Å². The van der Waals surface area contributed by atoms with Crippen LogP contribution in [0.2, 0.25) is 0 Å². The lowest BCUT2D eigenvalue weighted by Gasteiger charge is -2.12. The zero-order valence-corrected chi connectivity index (χ0v) is 20.9. The molecule has 0 aromatic carbocycles. The van der Waals surface area contributed by atoms with Gasteiger partial charge in [-0.05, 0) is 46.1 Å². The molecule has 6 heteroatoms. The summed E-state index contributed by atoms with van der Waals surface area (Å²) in [7, 11) is 1.81. The molecule has 1 amide bonds. The lowest BCUT2D eigenvalue weighted by atomic mass is 10.0. The molecule has 0 radical (unpaired) electrons. The Morgan fingerprint density at radius 2 is 1.09 bits per heavy atom. The van der Waals surface area contributed by atoms with Gasteiger partial charge in [0.25, 0.3) is 0 Å². The van der Waals surface area contributed by atoms with Crippen LogP contribution in [0.15, 0.2) is 0 Å². The molecule has 0 rings (SSSR count). The van der Waals surface area contributed by atoms with E-state index >= 15 is 0 Å². The fraction of sp³-hybridized carbons (Fsp3) is 0.885. The molecule has 0 saturated heterocycles. The number of Topliss-reactive ketones (excluding diaryl/α,β-unsaturated/α-hetero) is 1. The molecular weight excluding hydrogens is 404 g/mol. The molecule has 0 aromatic heterocycles. The van der Waals surface area contributed by atoms with Gasteiger partial charge in [0.05, 0.1) is 6.04 Å². The highest BCUT2D eigenvalue weighted by molar-refractivity contribution is 5.81. The number of hydrogen-bond acceptors (Lipinski definition) is 4. The van der Waals surface area contributed by atoms with Crippen molar-refractivity contribution < 1.29 is 19.5 Å². The van der Waals surface area contributed by atoms with Crippen molar-refractivity contribution in [1.29, 1.82) is 0 Å². The zero-order chi connectivity index (χ0) is 23.9. The third-order valence-corrected chi connectivity index (χ3v) is 6.13. The first-order chi connectivity index (χ1) is 15.5. The molecule has 0 saturated carbocycles. The second-order valence-electron chi connectivity index (χ2n) is 9.14. The molecule has 6 nitrogen and oxygen atoms in total. The average molecular weight is 455 g/mol. The normalized spacial score (nSPS) is 11.9. The topological polar surface area (TPSA) is 95.5 Å². The Balaban J connectivity index is 3.26. The maximum atomic E-state index is 11.9. The number of unbranched alkanes of at least 4 members (excludes halogenated alkanes) is 14. The summed E-state index contributed by atoms with van der Waals surface area (Å²) in [5.41, 5.74) is 0. The highest BCUT2D eigenvalue weighted by Crippen LogP contribution is 2.13. The van der Waals surface area contributed by atoms with E-state index in [1.165, 1.54) is 64.2 Å². The van der Waals surface area contributed by atoms with E-state index in [0.717, 1.165) is 44.9 Å². The van der Waals surface area contributed by atoms with Crippen molar-refractivity contribution in [2.24, 2.45) is 0 Å². The van der Waals surface area contributed by atoms with Crippen LogP contribution in [0.4, 0.5) is 0 Å². The summed E-state index contributed by atoms with van der Waals surface area (Å²) in [6.45, 7) is 2.32. The monoisotopic (exact) mass is 454 g/mol. The molecule has 0 aliphatic carbocycles. The summed E-state index contributed by atoms with van der Waals surface area (Å²) in [4.78, 5) is 33.6. The fourth-order valence-electron chi connectivity index (χ4n) is 4.02. The van der Waals surface area contributed by atoms with Crippen molar-refractivity contribution in [3.8, 4) is 0 Å². The van der Waals surface area contributed by atoms with E-state index in [-0.39, 0.29) is 17.7 Å². The Bertz CT molecular complexity index is 482. The zero-order valence-electron chi connectivity index (χ0n) is 20.9. The minimum Gasteiger partial charge on any atom is -0.481 e. The van der Waals surface area contributed by atoms with Gasteiger partial charge in [-0.25, -0.2) is 0 Å². The molecular formula is C26H50N2O4. The van der Waals surface area contributed by atoms with Gasteiger partial charge in [0.1, 0.15) is 5.78 Å². The van der Waals surface area contributed by atoms with E-state index < -0.39 is 5.97 Å². The van der Waals surface area contributed by atoms with Gasteiger partial charge in [0.2, 0.25) is 5.91 Å². The lowest BCUT2D eigenvalue weighted by Crippen LogP contribution is -2.32. The number of likely N-dealkylation sites (N-methyl/N-ethyl adjacent to an activating group) is 1. The average Bonchev–Trinajstić information content (AvgIpc) is 2.75. The van der Waals surface area contributed by atoms with Crippen LogP contribution in [0.5, 0.6) is 0 Å². The third kappa shape index (κ3) is 21.8. The van der Waals surface area contributed by atoms with Crippen LogP contribution in [0.1, 0.15) is 129 Å². The van der Waals surface area contributed by atoms with Gasteiger partial charge in [0.15, 0.2) is 0 Å². The third-order valence-electron chi connectivity index (χ3n) is 6.13. The molecule has 0 spiro atoms. The molecule has 0 fully saturated rings. The molecule has 32 heavy (non-hydrogen) atoms. The number of carbonyl (C=O) groups excluding carboxylic acids is 2. The molecule has 1 atom stereocenters. The van der Waals surface area contributed by atoms with Crippen molar-refractivity contribution >= 4 is 17.7 Å². The standard InChI is InChI=1S/C26H50N2O4/c1-23(29)24(27-2)19-17-18-22-28-25(30)20-15-13-11-9-7-5-3-4-6-8-10-12-14-16-21-26(31)32/h24,27H,3-22H2,1-2H3,(H,28,30)(H,31,32). The van der Waals surface area contributed by atoms with E-state index in [9.17, 15) is 14.4 Å². The number of ketones is 1. The van der Waals surface area contributed by atoms with Gasteiger partial charge in [-0.15, -0.1) is 0 Å². The number of rotatable bonds is 24. The quantitative estimate of drug-likeness (QED) is 0.161. The Morgan fingerprint density at radius 1 is 0.656 bits per heavy atom. The lowest BCUT2D eigenvalue weighted by molar-refractivity contribution is -0.137. The summed E-state index contributed by atoms with van der Waals surface area (Å²) in [5.74, 6) is -0.345. The van der Waals surface area contributed by atoms with E-state index in [2.05, 4.69) is 10.6 Å². The van der Waals surface area contributed by atoms with Crippen LogP contribution < -0.4 is 10.6 Å². The number of hydrogen-bond donors (Lipinski definition) is 3. The van der Waals surface area contributed by atoms with Gasteiger partial charge in [-0.1, -0.05) is 77.0 Å². The van der Waals surface area contributed by atoms with Gasteiger partial charge in [-0.2, -0.15) is 0 Å². The van der Waals surface area contributed by atoms with E-state index in [0.29, 0.717) is 19.4 Å². The highest BCUT2D eigenvalue weighted by Gasteiger charge is 2.10. The van der Waals surface area contributed by atoms with E-state index in [1.54, 1.807) is 6.92 Å². The minimum atomic E-state index is -0.677. The number of nitrogens with one attached hydrogen (secondary N) is 2. The van der Waals surface area contributed by atoms with Crippen molar-refractivity contribution in [3.63, 3.8) is 0 Å². The first kappa shape index (κ1) is 30.6. The Hall–Kier alpha value is -1.43. The Morgan fingerprint density at radius 3 is 1.50 bits per heavy atom. The van der Waals surface area contributed by atoms with Crippen LogP contribution in [-0.4, -0.2) is 42.4 Å². The summed E-state index contributed by atoms with van der Waals surface area (Å²) in [6, 6.07) is -0.0567. The van der Waals surface area contributed by atoms with Crippen molar-refractivity contribution in [2.75, 3.05) is 13.6 Å². The number of carbonyl (C=O) groups is 3. The number of aliphatic carboxylic acids is 1.